The molecule has 0 aromatic heterocycles. The molecule has 0 bridgehead atoms. The predicted molar refractivity (Wildman–Crippen MR) is 76.1 cm³/mol. The van der Waals surface area contributed by atoms with Gasteiger partial charge in [-0.25, -0.2) is 4.79 Å². The number of rotatable bonds is 2. The summed E-state index contributed by atoms with van der Waals surface area (Å²) >= 11 is 0. The number of carbonyl (C=O) groups is 1. The Morgan fingerprint density at radius 3 is 2.53 bits per heavy atom. The van der Waals surface area contributed by atoms with Crippen molar-refractivity contribution >= 4 is 6.03 Å². The van der Waals surface area contributed by atoms with Crippen LogP contribution in [0.1, 0.15) is 51.4 Å². The molecule has 2 heterocycles. The first-order valence-electron chi connectivity index (χ1n) is 8.12. The lowest BCUT2D eigenvalue weighted by Gasteiger charge is -2.38. The second kappa shape index (κ2) is 6.12. The average molecular weight is 265 g/mol. The second-order valence-electron chi connectivity index (χ2n) is 6.42. The highest BCUT2D eigenvalue weighted by atomic mass is 16.2. The third kappa shape index (κ3) is 3.41. The quantitative estimate of drug-likeness (QED) is 0.803. The van der Waals surface area contributed by atoms with Crippen LogP contribution < -0.4 is 10.6 Å². The highest BCUT2D eigenvalue weighted by molar-refractivity contribution is 5.75. The van der Waals surface area contributed by atoms with Gasteiger partial charge in [-0.2, -0.15) is 0 Å². The van der Waals surface area contributed by atoms with Crippen molar-refractivity contribution in [2.75, 3.05) is 19.6 Å². The number of likely N-dealkylation sites (tertiary alicyclic amines) is 1. The molecule has 4 heteroatoms. The number of piperidine rings is 1. The minimum Gasteiger partial charge on any atom is -0.335 e. The van der Waals surface area contributed by atoms with E-state index >= 15 is 0 Å². The highest BCUT2D eigenvalue weighted by Crippen LogP contribution is 2.29. The standard InChI is InChI=1S/C15H27N3O/c19-15(17-13-5-6-13)18-11-3-1-2-4-14(18)12-7-9-16-10-8-12/h12-14,16H,1-11H2,(H,17,19). The van der Waals surface area contributed by atoms with Gasteiger partial charge < -0.3 is 15.5 Å². The van der Waals surface area contributed by atoms with Crippen LogP contribution in [0, 0.1) is 5.92 Å². The normalized spacial score (nSPS) is 29.9. The number of urea groups is 1. The fourth-order valence-corrected chi connectivity index (χ4v) is 3.59. The summed E-state index contributed by atoms with van der Waals surface area (Å²) in [6, 6.07) is 1.18. The van der Waals surface area contributed by atoms with Gasteiger partial charge in [0, 0.05) is 18.6 Å². The molecule has 3 aliphatic rings. The maximum atomic E-state index is 12.5. The van der Waals surface area contributed by atoms with E-state index in [1.165, 1.54) is 51.4 Å². The molecule has 2 N–H and O–H groups in total. The smallest absolute Gasteiger partial charge is 0.317 e. The Balaban J connectivity index is 1.65. The zero-order valence-electron chi connectivity index (χ0n) is 11.9. The number of nitrogens with zero attached hydrogens (tertiary/aromatic N) is 1. The molecule has 4 nitrogen and oxygen atoms in total. The van der Waals surface area contributed by atoms with Crippen molar-refractivity contribution in [3.8, 4) is 0 Å². The lowest BCUT2D eigenvalue weighted by Crippen LogP contribution is -2.51. The molecule has 0 spiro atoms. The van der Waals surface area contributed by atoms with E-state index in [0.29, 0.717) is 18.0 Å². The Kier molecular flexibility index (Phi) is 4.26. The Labute approximate surface area is 116 Å². The summed E-state index contributed by atoms with van der Waals surface area (Å²) in [4.78, 5) is 14.6. The lowest BCUT2D eigenvalue weighted by molar-refractivity contribution is 0.133. The minimum atomic E-state index is 0.216. The van der Waals surface area contributed by atoms with Crippen molar-refractivity contribution < 1.29 is 4.79 Å². The van der Waals surface area contributed by atoms with E-state index in [9.17, 15) is 4.79 Å². The summed E-state index contributed by atoms with van der Waals surface area (Å²) in [5.74, 6) is 0.712. The molecule has 108 valence electrons. The van der Waals surface area contributed by atoms with Gasteiger partial charge in [-0.15, -0.1) is 0 Å². The van der Waals surface area contributed by atoms with Crippen LogP contribution in [0.5, 0.6) is 0 Å². The van der Waals surface area contributed by atoms with Gasteiger partial charge in [0.2, 0.25) is 0 Å². The zero-order chi connectivity index (χ0) is 13.1. The topological polar surface area (TPSA) is 44.4 Å². The highest BCUT2D eigenvalue weighted by Gasteiger charge is 2.34. The molecule has 0 aromatic rings. The van der Waals surface area contributed by atoms with Crippen LogP contribution in [0.2, 0.25) is 0 Å². The van der Waals surface area contributed by atoms with Crippen LogP contribution in [0.15, 0.2) is 0 Å². The largest absolute Gasteiger partial charge is 0.335 e. The minimum absolute atomic E-state index is 0.216. The van der Waals surface area contributed by atoms with E-state index in [1.807, 2.05) is 0 Å². The second-order valence-corrected chi connectivity index (χ2v) is 6.42. The molecule has 2 saturated heterocycles. The number of amides is 2. The summed E-state index contributed by atoms with van der Waals surface area (Å²) in [6.07, 6.45) is 9.80. The van der Waals surface area contributed by atoms with E-state index in [4.69, 9.17) is 0 Å². The Morgan fingerprint density at radius 2 is 1.79 bits per heavy atom. The van der Waals surface area contributed by atoms with E-state index in [-0.39, 0.29) is 6.03 Å². The summed E-state index contributed by atoms with van der Waals surface area (Å²) < 4.78 is 0. The van der Waals surface area contributed by atoms with Crippen LogP contribution >= 0.6 is 0 Å². The molecule has 3 rings (SSSR count). The van der Waals surface area contributed by atoms with Crippen molar-refractivity contribution in [3.63, 3.8) is 0 Å². The zero-order valence-corrected chi connectivity index (χ0v) is 11.9. The van der Waals surface area contributed by atoms with Gasteiger partial charge in [-0.3, -0.25) is 0 Å². The van der Waals surface area contributed by atoms with Gasteiger partial charge in [0.25, 0.3) is 0 Å². The molecular weight excluding hydrogens is 238 g/mol. The molecule has 2 aliphatic heterocycles. The number of hydrogen-bond donors (Lipinski definition) is 2. The predicted octanol–water partition coefficient (Wildman–Crippen LogP) is 2.10. The number of hydrogen-bond acceptors (Lipinski definition) is 2. The first-order valence-corrected chi connectivity index (χ1v) is 8.12. The molecule has 2 amide bonds. The van der Waals surface area contributed by atoms with Gasteiger partial charge in [-0.05, 0) is 57.5 Å². The molecular formula is C15H27N3O. The number of carbonyl (C=O) groups excluding carboxylic acids is 1. The first kappa shape index (κ1) is 13.2. The molecule has 3 fully saturated rings. The molecule has 0 radical (unpaired) electrons. The summed E-state index contributed by atoms with van der Waals surface area (Å²) in [5, 5.41) is 6.63. The fourth-order valence-electron chi connectivity index (χ4n) is 3.59. The van der Waals surface area contributed by atoms with Crippen molar-refractivity contribution in [2.24, 2.45) is 5.92 Å². The molecule has 19 heavy (non-hydrogen) atoms. The van der Waals surface area contributed by atoms with Crippen molar-refractivity contribution in [2.45, 2.75) is 63.5 Å². The SMILES string of the molecule is O=C(NC1CC1)N1CCCCCC1C1CCNCC1. The van der Waals surface area contributed by atoms with E-state index in [1.54, 1.807) is 0 Å². The third-order valence-corrected chi connectivity index (χ3v) is 4.89. The summed E-state index contributed by atoms with van der Waals surface area (Å²) in [6.45, 7) is 3.21. The van der Waals surface area contributed by atoms with Crippen LogP contribution in [0.25, 0.3) is 0 Å². The van der Waals surface area contributed by atoms with E-state index in [2.05, 4.69) is 15.5 Å². The fraction of sp³-hybridized carbons (Fsp3) is 0.933. The molecule has 1 atom stereocenters. The maximum Gasteiger partial charge on any atom is 0.317 e. The average Bonchev–Trinajstić information content (AvgIpc) is 3.25. The van der Waals surface area contributed by atoms with Crippen molar-refractivity contribution in [3.05, 3.63) is 0 Å². The van der Waals surface area contributed by atoms with Crippen LogP contribution in [-0.2, 0) is 0 Å². The van der Waals surface area contributed by atoms with E-state index in [0.717, 1.165) is 19.6 Å². The monoisotopic (exact) mass is 265 g/mol. The summed E-state index contributed by atoms with van der Waals surface area (Å²) in [5.41, 5.74) is 0. The van der Waals surface area contributed by atoms with Gasteiger partial charge in [-0.1, -0.05) is 12.8 Å². The Bertz CT molecular complexity index is 311. The van der Waals surface area contributed by atoms with Gasteiger partial charge in [0.15, 0.2) is 0 Å². The van der Waals surface area contributed by atoms with Gasteiger partial charge in [0.05, 0.1) is 0 Å². The van der Waals surface area contributed by atoms with Crippen LogP contribution in [0.4, 0.5) is 4.79 Å². The first-order chi connectivity index (χ1) is 9.34. The van der Waals surface area contributed by atoms with Crippen molar-refractivity contribution in [1.82, 2.24) is 15.5 Å². The molecule has 1 unspecified atom stereocenters. The number of nitrogens with one attached hydrogen (secondary N) is 2. The van der Waals surface area contributed by atoms with Gasteiger partial charge >= 0.3 is 6.03 Å². The lowest BCUT2D eigenvalue weighted by atomic mass is 9.87. The third-order valence-electron chi connectivity index (χ3n) is 4.89. The van der Waals surface area contributed by atoms with E-state index < -0.39 is 0 Å². The Hall–Kier alpha value is -0.770. The Morgan fingerprint density at radius 1 is 1.00 bits per heavy atom. The molecule has 1 saturated carbocycles. The van der Waals surface area contributed by atoms with Crippen molar-refractivity contribution in [1.29, 1.82) is 0 Å². The van der Waals surface area contributed by atoms with Crippen LogP contribution in [0.3, 0.4) is 0 Å². The molecule has 0 aromatic carbocycles. The summed E-state index contributed by atoms with van der Waals surface area (Å²) in [7, 11) is 0. The molecule has 1 aliphatic carbocycles. The van der Waals surface area contributed by atoms with Crippen LogP contribution in [-0.4, -0.2) is 42.6 Å². The maximum absolute atomic E-state index is 12.5. The van der Waals surface area contributed by atoms with Gasteiger partial charge in [0.1, 0.15) is 0 Å².